The van der Waals surface area contributed by atoms with Crippen molar-refractivity contribution in [1.29, 1.82) is 0 Å². The number of aliphatic hydroxyl groups excluding tert-OH is 4. The van der Waals surface area contributed by atoms with Crippen LogP contribution in [0.3, 0.4) is 0 Å². The zero-order chi connectivity index (χ0) is 28.0. The van der Waals surface area contributed by atoms with E-state index in [1.807, 2.05) is 0 Å². The predicted octanol–water partition coefficient (Wildman–Crippen LogP) is 0.165. The van der Waals surface area contributed by atoms with E-state index < -0.39 is 32.7 Å². The minimum absolute atomic E-state index is 0.0869. The highest BCUT2D eigenvalue weighted by Gasteiger charge is 2.22. The van der Waals surface area contributed by atoms with E-state index in [1.54, 1.807) is 0 Å². The van der Waals surface area contributed by atoms with Crippen LogP contribution in [-0.2, 0) is 9.36 Å². The van der Waals surface area contributed by atoms with Gasteiger partial charge in [-0.15, -0.1) is 0 Å². The number of phosphoric acid groups is 1. The number of rotatable bonds is 4. The van der Waals surface area contributed by atoms with E-state index in [4.69, 9.17) is 56.9 Å². The molecule has 13 N–H and O–H groups in total. The van der Waals surface area contributed by atoms with E-state index >= 15 is 0 Å². The molecule has 3 unspecified atom stereocenters. The fourth-order valence-corrected chi connectivity index (χ4v) is 3.82. The predicted molar refractivity (Wildman–Crippen MR) is 139 cm³/mol. The highest BCUT2D eigenvalue weighted by atomic mass is 31.2. The average molecular weight is 546 g/mol. The highest BCUT2D eigenvalue weighted by Crippen LogP contribution is 2.25. The Kier molecular flexibility index (Phi) is 24.7. The molecular formula is C23H52N3O9P. The molecule has 3 atom stereocenters. The first-order valence-electron chi connectivity index (χ1n) is 13.0. The molecule has 0 saturated heterocycles. The van der Waals surface area contributed by atoms with Crippen LogP contribution in [0.5, 0.6) is 0 Å². The summed E-state index contributed by atoms with van der Waals surface area (Å²) in [4.78, 5) is 31.3. The first kappa shape index (κ1) is 37.7. The van der Waals surface area contributed by atoms with Crippen LogP contribution in [0, 0.1) is 0 Å². The topological polar surface area (TPSA) is 254 Å². The van der Waals surface area contributed by atoms with Gasteiger partial charge in [0.25, 0.3) is 0 Å². The van der Waals surface area contributed by atoms with Gasteiger partial charge < -0.3 is 57.1 Å². The fraction of sp³-hybridized carbons (Fsp3) is 0.957. The zero-order valence-electron chi connectivity index (χ0n) is 21.5. The normalized spacial score (nSPS) is 21.8. The van der Waals surface area contributed by atoms with Crippen molar-refractivity contribution in [2.24, 2.45) is 17.2 Å². The third kappa shape index (κ3) is 28.1. The summed E-state index contributed by atoms with van der Waals surface area (Å²) in [5.74, 6) is 0. The van der Waals surface area contributed by atoms with Gasteiger partial charge in [-0.05, 0) is 38.5 Å². The van der Waals surface area contributed by atoms with Gasteiger partial charge in [-0.3, -0.25) is 0 Å². The summed E-state index contributed by atoms with van der Waals surface area (Å²) in [7, 11) is -4.64. The highest BCUT2D eigenvalue weighted by molar-refractivity contribution is 7.45. The lowest BCUT2D eigenvalue weighted by atomic mass is 9.97. The Morgan fingerprint density at radius 3 is 1.06 bits per heavy atom. The Morgan fingerprint density at radius 2 is 0.917 bits per heavy atom. The Bertz CT molecular complexity index is 493. The van der Waals surface area contributed by atoms with Gasteiger partial charge in [-0.1, -0.05) is 57.8 Å². The van der Waals surface area contributed by atoms with Crippen LogP contribution in [0.2, 0.25) is 0 Å². The maximum atomic E-state index is 9.76. The third-order valence-corrected chi connectivity index (χ3v) is 6.02. The molecule has 36 heavy (non-hydrogen) atoms. The fourth-order valence-electron chi connectivity index (χ4n) is 3.82. The molecule has 0 aromatic carbocycles. The summed E-state index contributed by atoms with van der Waals surface area (Å²) >= 11 is 0. The molecule has 0 radical (unpaired) electrons. The Labute approximate surface area is 215 Å². The molecule has 0 bridgehead atoms. The quantitative estimate of drug-likeness (QED) is 0.167. The van der Waals surface area contributed by atoms with E-state index in [0.717, 1.165) is 0 Å². The molecule has 3 fully saturated rings. The largest absolute Gasteiger partial charge is 0.466 e. The second-order valence-electron chi connectivity index (χ2n) is 9.57. The molecule has 218 valence electrons. The number of aldehydes is 1. The molecule has 0 aromatic heterocycles. The number of aliphatic hydroxyl groups is 4. The third-order valence-electron chi connectivity index (χ3n) is 6.02. The van der Waals surface area contributed by atoms with Gasteiger partial charge >= 0.3 is 7.82 Å². The van der Waals surface area contributed by atoms with Gasteiger partial charge in [-0.25, -0.2) is 4.57 Å². The number of nitrogens with two attached hydrogens (primary N) is 3. The van der Waals surface area contributed by atoms with Crippen LogP contribution in [-0.4, -0.2) is 84.4 Å². The molecule has 0 heterocycles. The molecule has 3 rings (SSSR count). The standard InChI is InChI=1S/3C6H13N.C5H10O5.H3O4P/c3*7-6-4-2-1-3-5-6;6-1-3(8)5(10)4(9)2-7;1-5(2,3)4/h3*6H,1-5,7H2;1,3-5,7-10H,2H2;(H3,1,2,3,4). The molecule has 0 aromatic rings. The minimum atomic E-state index is -4.64. The van der Waals surface area contributed by atoms with Crippen LogP contribution in [0.1, 0.15) is 96.3 Å². The van der Waals surface area contributed by atoms with Crippen molar-refractivity contribution in [3.63, 3.8) is 0 Å². The summed E-state index contributed by atoms with van der Waals surface area (Å²) in [5.41, 5.74) is 16.9. The van der Waals surface area contributed by atoms with E-state index in [0.29, 0.717) is 18.1 Å². The second kappa shape index (κ2) is 23.6. The van der Waals surface area contributed by atoms with Crippen molar-refractivity contribution >= 4 is 14.1 Å². The zero-order valence-corrected chi connectivity index (χ0v) is 22.4. The number of hydrogen-bond acceptors (Lipinski definition) is 9. The van der Waals surface area contributed by atoms with Gasteiger partial charge in [0, 0.05) is 18.1 Å². The van der Waals surface area contributed by atoms with E-state index in [9.17, 15) is 4.79 Å². The van der Waals surface area contributed by atoms with Gasteiger partial charge in [0.2, 0.25) is 0 Å². The van der Waals surface area contributed by atoms with Crippen molar-refractivity contribution in [3.8, 4) is 0 Å². The Hall–Kier alpha value is -0.500. The monoisotopic (exact) mass is 545 g/mol. The maximum absolute atomic E-state index is 9.76. The lowest BCUT2D eigenvalue weighted by Crippen LogP contribution is -2.40. The molecular weight excluding hydrogens is 493 g/mol. The van der Waals surface area contributed by atoms with Crippen LogP contribution in [0.4, 0.5) is 0 Å². The Balaban J connectivity index is 0. The van der Waals surface area contributed by atoms with E-state index in [1.165, 1.54) is 96.3 Å². The summed E-state index contributed by atoms with van der Waals surface area (Å²) in [6, 6.07) is 1.61. The first-order chi connectivity index (χ1) is 16.8. The molecule has 0 aliphatic heterocycles. The van der Waals surface area contributed by atoms with Crippen LogP contribution >= 0.6 is 7.82 Å². The average Bonchev–Trinajstić information content (AvgIpc) is 2.84. The molecule has 12 nitrogen and oxygen atoms in total. The van der Waals surface area contributed by atoms with E-state index in [-0.39, 0.29) is 6.29 Å². The van der Waals surface area contributed by atoms with Crippen LogP contribution < -0.4 is 17.2 Å². The van der Waals surface area contributed by atoms with Crippen molar-refractivity contribution in [2.45, 2.75) is 133 Å². The lowest BCUT2D eigenvalue weighted by Gasteiger charge is -2.16. The van der Waals surface area contributed by atoms with Crippen LogP contribution in [0.25, 0.3) is 0 Å². The number of carbonyl (C=O) groups excluding carboxylic acids is 1. The van der Waals surface area contributed by atoms with Crippen LogP contribution in [0.15, 0.2) is 0 Å². The summed E-state index contributed by atoms with van der Waals surface area (Å²) in [6.45, 7) is -0.688. The number of hydrogen-bond donors (Lipinski definition) is 10. The summed E-state index contributed by atoms with van der Waals surface area (Å²) < 4.78 is 8.88. The smallest absolute Gasteiger partial charge is 0.394 e. The molecule has 13 heteroatoms. The van der Waals surface area contributed by atoms with Gasteiger partial charge in [0.05, 0.1) is 6.61 Å². The summed E-state index contributed by atoms with van der Waals surface area (Å²) in [5, 5.41) is 34.1. The van der Waals surface area contributed by atoms with Gasteiger partial charge in [-0.2, -0.15) is 0 Å². The molecule has 0 spiro atoms. The second-order valence-corrected chi connectivity index (χ2v) is 10.6. The van der Waals surface area contributed by atoms with E-state index in [2.05, 4.69) is 0 Å². The Morgan fingerprint density at radius 1 is 0.667 bits per heavy atom. The molecule has 3 aliphatic rings. The maximum Gasteiger partial charge on any atom is 0.466 e. The number of carbonyl (C=O) groups is 1. The first-order valence-corrected chi connectivity index (χ1v) is 14.5. The van der Waals surface area contributed by atoms with Gasteiger partial charge in [0.1, 0.15) is 18.3 Å². The van der Waals surface area contributed by atoms with Crippen molar-refractivity contribution in [2.75, 3.05) is 6.61 Å². The van der Waals surface area contributed by atoms with Crippen molar-refractivity contribution in [3.05, 3.63) is 0 Å². The molecule has 0 amide bonds. The molecule has 3 aliphatic carbocycles. The van der Waals surface area contributed by atoms with Crippen molar-refractivity contribution in [1.82, 2.24) is 0 Å². The van der Waals surface area contributed by atoms with Crippen molar-refractivity contribution < 1.29 is 44.5 Å². The minimum Gasteiger partial charge on any atom is -0.394 e. The summed E-state index contributed by atoms with van der Waals surface area (Å²) in [6.07, 6.45) is 15.4. The lowest BCUT2D eigenvalue weighted by molar-refractivity contribution is -0.127. The molecule has 3 saturated carbocycles. The van der Waals surface area contributed by atoms with Gasteiger partial charge in [0.15, 0.2) is 6.29 Å². The SMILES string of the molecule is NC1CCCCC1.NC1CCCCC1.NC1CCCCC1.O=CC(O)C(O)C(O)CO.O=P(O)(O)O.